The normalized spacial score (nSPS) is 15.7. The van der Waals surface area contributed by atoms with E-state index in [0.717, 1.165) is 44.9 Å². The molecule has 0 bridgehead atoms. The molecule has 0 atom stereocenters. The molecule has 1 rings (SSSR count). The van der Waals surface area contributed by atoms with Crippen molar-refractivity contribution in [3.8, 4) is 0 Å². The first kappa shape index (κ1) is 27.0. The maximum Gasteiger partial charge on any atom is 0.323 e. The lowest BCUT2D eigenvalue weighted by molar-refractivity contribution is -0.175. The van der Waals surface area contributed by atoms with E-state index in [9.17, 15) is 9.59 Å². The van der Waals surface area contributed by atoms with Crippen molar-refractivity contribution in [3.63, 3.8) is 0 Å². The molecule has 0 radical (unpaired) electrons. The van der Waals surface area contributed by atoms with Crippen LogP contribution in [0.4, 0.5) is 0 Å². The van der Waals surface area contributed by atoms with Crippen molar-refractivity contribution >= 4 is 11.9 Å². The molecule has 0 saturated heterocycles. The van der Waals surface area contributed by atoms with E-state index in [1.165, 1.54) is 64.2 Å². The van der Waals surface area contributed by atoms with Crippen LogP contribution in [0, 0.1) is 5.41 Å². The molecule has 0 spiro atoms. The van der Waals surface area contributed by atoms with Crippen LogP contribution in [0.2, 0.25) is 0 Å². The van der Waals surface area contributed by atoms with Crippen LogP contribution < -0.4 is 0 Å². The molecular weight excluding hydrogens is 376 g/mol. The second kappa shape index (κ2) is 17.6. The van der Waals surface area contributed by atoms with Crippen LogP contribution in [-0.4, -0.2) is 25.2 Å². The van der Waals surface area contributed by atoms with Crippen LogP contribution in [0.3, 0.4) is 0 Å². The molecule has 0 aliphatic heterocycles. The molecule has 0 N–H and O–H groups in total. The summed E-state index contributed by atoms with van der Waals surface area (Å²) in [6, 6.07) is 0. The summed E-state index contributed by atoms with van der Waals surface area (Å²) in [6.07, 6.45) is 20.7. The molecule has 30 heavy (non-hydrogen) atoms. The Morgan fingerprint density at radius 3 is 1.33 bits per heavy atom. The summed E-state index contributed by atoms with van der Waals surface area (Å²) in [7, 11) is 0. The summed E-state index contributed by atoms with van der Waals surface area (Å²) < 4.78 is 11.1. The number of ether oxygens (including phenoxy) is 2. The number of unbranched alkanes of at least 4 members (excludes halogenated alkanes) is 12. The number of carbonyl (C=O) groups excluding carboxylic acids is 2. The van der Waals surface area contributed by atoms with Gasteiger partial charge in [0.1, 0.15) is 0 Å². The van der Waals surface area contributed by atoms with Gasteiger partial charge in [0, 0.05) is 0 Å². The number of carbonyl (C=O) groups is 2. The van der Waals surface area contributed by atoms with Gasteiger partial charge in [0.05, 0.1) is 13.2 Å². The molecule has 0 aromatic heterocycles. The molecular formula is C26H48O4. The summed E-state index contributed by atoms with van der Waals surface area (Å²) in [5, 5.41) is 0. The van der Waals surface area contributed by atoms with Crippen LogP contribution in [0.5, 0.6) is 0 Å². The van der Waals surface area contributed by atoms with Crippen molar-refractivity contribution in [1.29, 1.82) is 0 Å². The third-order valence-corrected chi connectivity index (χ3v) is 6.45. The molecule has 1 saturated carbocycles. The lowest BCUT2D eigenvalue weighted by atomic mass is 9.74. The molecule has 1 aliphatic rings. The van der Waals surface area contributed by atoms with Crippen molar-refractivity contribution in [1.82, 2.24) is 0 Å². The summed E-state index contributed by atoms with van der Waals surface area (Å²) in [4.78, 5) is 25.7. The van der Waals surface area contributed by atoms with Gasteiger partial charge in [-0.1, -0.05) is 110 Å². The van der Waals surface area contributed by atoms with E-state index < -0.39 is 5.41 Å². The molecule has 0 heterocycles. The maximum atomic E-state index is 12.9. The zero-order valence-corrected chi connectivity index (χ0v) is 20.0. The Kier molecular flexibility index (Phi) is 15.8. The summed E-state index contributed by atoms with van der Waals surface area (Å²) >= 11 is 0. The SMILES string of the molecule is CCCCCCCCCCOC(=O)C1(C(=O)OCCCCCCCC)CCCCC1. The molecule has 4 heteroatoms. The predicted octanol–water partition coefficient (Wildman–Crippen LogP) is 7.52. The minimum atomic E-state index is -1.04. The van der Waals surface area contributed by atoms with Crippen molar-refractivity contribution in [2.24, 2.45) is 5.41 Å². The van der Waals surface area contributed by atoms with Crippen LogP contribution in [0.1, 0.15) is 136 Å². The van der Waals surface area contributed by atoms with Gasteiger partial charge in [-0.25, -0.2) is 0 Å². The van der Waals surface area contributed by atoms with E-state index in [1.54, 1.807) is 0 Å². The van der Waals surface area contributed by atoms with Crippen molar-refractivity contribution in [2.75, 3.05) is 13.2 Å². The van der Waals surface area contributed by atoms with Crippen LogP contribution in [0.25, 0.3) is 0 Å². The number of hydrogen-bond donors (Lipinski definition) is 0. The first-order valence-electron chi connectivity index (χ1n) is 13.0. The van der Waals surface area contributed by atoms with E-state index in [4.69, 9.17) is 9.47 Å². The minimum absolute atomic E-state index is 0.335. The van der Waals surface area contributed by atoms with Crippen LogP contribution in [0.15, 0.2) is 0 Å². The molecule has 4 nitrogen and oxygen atoms in total. The second-order valence-corrected chi connectivity index (χ2v) is 9.16. The first-order valence-corrected chi connectivity index (χ1v) is 13.0. The Balaban J connectivity index is 2.29. The topological polar surface area (TPSA) is 52.6 Å². The Morgan fingerprint density at radius 2 is 0.933 bits per heavy atom. The van der Waals surface area contributed by atoms with E-state index in [0.29, 0.717) is 26.1 Å². The van der Waals surface area contributed by atoms with Gasteiger partial charge in [-0.3, -0.25) is 9.59 Å². The maximum absolute atomic E-state index is 12.9. The average Bonchev–Trinajstić information content (AvgIpc) is 2.77. The third-order valence-electron chi connectivity index (χ3n) is 6.45. The third kappa shape index (κ3) is 10.8. The van der Waals surface area contributed by atoms with Gasteiger partial charge in [0.15, 0.2) is 5.41 Å². The van der Waals surface area contributed by atoms with Gasteiger partial charge in [0.25, 0.3) is 0 Å². The van der Waals surface area contributed by atoms with Gasteiger partial charge in [0.2, 0.25) is 0 Å². The zero-order chi connectivity index (χ0) is 21.9. The largest absolute Gasteiger partial charge is 0.465 e. The number of rotatable bonds is 18. The quantitative estimate of drug-likeness (QED) is 0.130. The number of hydrogen-bond acceptors (Lipinski definition) is 4. The fourth-order valence-electron chi connectivity index (χ4n) is 4.37. The molecule has 0 aromatic rings. The van der Waals surface area contributed by atoms with E-state index in [2.05, 4.69) is 13.8 Å². The minimum Gasteiger partial charge on any atom is -0.465 e. The summed E-state index contributed by atoms with van der Waals surface area (Å²) in [5.41, 5.74) is -1.04. The van der Waals surface area contributed by atoms with Gasteiger partial charge >= 0.3 is 11.9 Å². The molecule has 176 valence electrons. The standard InChI is InChI=1S/C26H48O4/c1-3-5-7-9-11-12-14-19-23-30-25(28)26(20-16-15-17-21-26)24(27)29-22-18-13-10-8-6-4-2/h3-23H2,1-2H3. The summed E-state index contributed by atoms with van der Waals surface area (Å²) in [6.45, 7) is 5.30. The van der Waals surface area contributed by atoms with Gasteiger partial charge in [-0.2, -0.15) is 0 Å². The van der Waals surface area contributed by atoms with Gasteiger partial charge < -0.3 is 9.47 Å². The van der Waals surface area contributed by atoms with E-state index >= 15 is 0 Å². The average molecular weight is 425 g/mol. The van der Waals surface area contributed by atoms with Gasteiger partial charge in [-0.15, -0.1) is 0 Å². The Hall–Kier alpha value is -1.06. The highest BCUT2D eigenvalue weighted by Crippen LogP contribution is 2.39. The molecule has 1 aliphatic carbocycles. The van der Waals surface area contributed by atoms with E-state index in [-0.39, 0.29) is 11.9 Å². The second-order valence-electron chi connectivity index (χ2n) is 9.16. The smallest absolute Gasteiger partial charge is 0.323 e. The molecule has 1 fully saturated rings. The Morgan fingerprint density at radius 1 is 0.567 bits per heavy atom. The fraction of sp³-hybridized carbons (Fsp3) is 0.923. The van der Waals surface area contributed by atoms with Gasteiger partial charge in [-0.05, 0) is 25.7 Å². The first-order chi connectivity index (χ1) is 14.7. The Bertz CT molecular complexity index is 440. The van der Waals surface area contributed by atoms with E-state index in [1.807, 2.05) is 0 Å². The lowest BCUT2D eigenvalue weighted by Crippen LogP contribution is -2.43. The highest BCUT2D eigenvalue weighted by molar-refractivity contribution is 6.00. The Labute approximate surface area is 185 Å². The molecule has 0 amide bonds. The monoisotopic (exact) mass is 424 g/mol. The highest BCUT2D eigenvalue weighted by atomic mass is 16.6. The van der Waals surface area contributed by atoms with Crippen LogP contribution in [-0.2, 0) is 19.1 Å². The molecule has 0 aromatic carbocycles. The van der Waals surface area contributed by atoms with Crippen molar-refractivity contribution < 1.29 is 19.1 Å². The van der Waals surface area contributed by atoms with Crippen LogP contribution >= 0.6 is 0 Å². The zero-order valence-electron chi connectivity index (χ0n) is 20.0. The summed E-state index contributed by atoms with van der Waals surface area (Å²) in [5.74, 6) is -0.672. The van der Waals surface area contributed by atoms with Crippen molar-refractivity contribution in [3.05, 3.63) is 0 Å². The highest BCUT2D eigenvalue weighted by Gasteiger charge is 2.49. The predicted molar refractivity (Wildman–Crippen MR) is 123 cm³/mol. The van der Waals surface area contributed by atoms with Crippen molar-refractivity contribution in [2.45, 2.75) is 136 Å². The lowest BCUT2D eigenvalue weighted by Gasteiger charge is -2.32. The number of esters is 2. The molecule has 0 unspecified atom stereocenters. The fourth-order valence-corrected chi connectivity index (χ4v) is 4.37.